The summed E-state index contributed by atoms with van der Waals surface area (Å²) < 4.78 is 46.7. The van der Waals surface area contributed by atoms with Gasteiger partial charge in [-0.05, 0) is 82.4 Å². The van der Waals surface area contributed by atoms with Crippen LogP contribution < -0.4 is 20.1 Å². The Labute approximate surface area is 352 Å². The molecule has 316 valence electrons. The molecular formula is C43H47ClN6O9S. The van der Waals surface area contributed by atoms with Gasteiger partial charge in [-0.15, -0.1) is 0 Å². The van der Waals surface area contributed by atoms with Crippen LogP contribution in [0.2, 0.25) is 5.02 Å². The number of sulfonamides is 1. The molecule has 2 aromatic carbocycles. The van der Waals surface area contributed by atoms with E-state index in [9.17, 15) is 27.6 Å². The van der Waals surface area contributed by atoms with Gasteiger partial charge in [0, 0.05) is 28.3 Å². The van der Waals surface area contributed by atoms with Gasteiger partial charge in [-0.3, -0.25) is 19.1 Å². The van der Waals surface area contributed by atoms with Crippen LogP contribution in [-0.2, 0) is 29.1 Å². The SMILES string of the molecule is O=C(N[C@H]1CCCCC/C=C\[C@H]2C[C@@]2(C(=O)NS(=O)(=O)C2CC2)NC(=O)[C@@H]2C[C@@H](Oc3nc(-c4ccccc4)nc4c3oc3ccc(Cl)cc34)CN2C1=O)OC1CCCC1. The van der Waals surface area contributed by atoms with Crippen molar-refractivity contribution in [2.75, 3.05) is 6.54 Å². The first kappa shape index (κ1) is 40.2. The number of rotatable bonds is 8. The summed E-state index contributed by atoms with van der Waals surface area (Å²) in [7, 11) is -3.92. The van der Waals surface area contributed by atoms with Crippen molar-refractivity contribution >= 4 is 67.5 Å². The number of hydrogen-bond acceptors (Lipinski definition) is 11. The molecule has 1 saturated heterocycles. The predicted octanol–water partition coefficient (Wildman–Crippen LogP) is 6.09. The number of ether oxygens (including phenoxy) is 2. The largest absolute Gasteiger partial charge is 0.470 e. The molecule has 3 saturated carbocycles. The second kappa shape index (κ2) is 16.3. The third-order valence-electron chi connectivity index (χ3n) is 12.3. The molecule has 0 bridgehead atoms. The quantitative estimate of drug-likeness (QED) is 0.174. The van der Waals surface area contributed by atoms with E-state index in [1.165, 1.54) is 4.90 Å². The van der Waals surface area contributed by atoms with Crippen molar-refractivity contribution in [1.29, 1.82) is 0 Å². The van der Waals surface area contributed by atoms with Gasteiger partial charge in [0.05, 0.1) is 11.8 Å². The smallest absolute Gasteiger partial charge is 0.408 e. The van der Waals surface area contributed by atoms with E-state index in [0.717, 1.165) is 38.5 Å². The van der Waals surface area contributed by atoms with Gasteiger partial charge in [-0.2, -0.15) is 4.98 Å². The fourth-order valence-electron chi connectivity index (χ4n) is 8.73. The molecule has 5 atom stereocenters. The van der Waals surface area contributed by atoms with Crippen molar-refractivity contribution in [3.05, 3.63) is 65.7 Å². The molecule has 0 spiro atoms. The number of benzene rings is 2. The number of halogens is 1. The molecule has 17 heteroatoms. The molecule has 9 rings (SSSR count). The molecule has 15 nitrogen and oxygen atoms in total. The highest BCUT2D eigenvalue weighted by Crippen LogP contribution is 2.46. The van der Waals surface area contributed by atoms with Crippen molar-refractivity contribution in [1.82, 2.24) is 30.2 Å². The summed E-state index contributed by atoms with van der Waals surface area (Å²) in [5.74, 6) is -1.96. The second-order valence-electron chi connectivity index (χ2n) is 16.6. The number of amides is 4. The Kier molecular flexibility index (Phi) is 10.9. The first-order chi connectivity index (χ1) is 29.0. The molecule has 60 heavy (non-hydrogen) atoms. The Morgan fingerprint density at radius 2 is 1.73 bits per heavy atom. The lowest BCUT2D eigenvalue weighted by Crippen LogP contribution is -2.58. The monoisotopic (exact) mass is 858 g/mol. The van der Waals surface area contributed by atoms with Gasteiger partial charge in [0.1, 0.15) is 40.9 Å². The fourth-order valence-corrected chi connectivity index (χ4v) is 10.3. The zero-order valence-electron chi connectivity index (χ0n) is 32.9. The number of aromatic nitrogens is 2. The van der Waals surface area contributed by atoms with E-state index in [1.54, 1.807) is 18.2 Å². The highest BCUT2D eigenvalue weighted by molar-refractivity contribution is 7.91. The molecule has 4 fully saturated rings. The molecule has 3 N–H and O–H groups in total. The Hall–Kier alpha value is -5.22. The minimum Gasteiger partial charge on any atom is -0.470 e. The van der Waals surface area contributed by atoms with Crippen molar-refractivity contribution in [3.8, 4) is 17.3 Å². The number of furan rings is 1. The zero-order valence-corrected chi connectivity index (χ0v) is 34.5. The Balaban J connectivity index is 1.06. The van der Waals surface area contributed by atoms with Crippen LogP contribution in [0.5, 0.6) is 5.88 Å². The number of alkyl carbamates (subject to hydrolysis) is 1. The zero-order chi connectivity index (χ0) is 41.6. The van der Waals surface area contributed by atoms with Crippen molar-refractivity contribution in [3.63, 3.8) is 0 Å². The number of carbonyl (C=O) groups excluding carboxylic acids is 4. The maximum absolute atomic E-state index is 14.7. The normalized spacial score (nSPS) is 27.0. The highest BCUT2D eigenvalue weighted by atomic mass is 35.5. The number of nitrogens with one attached hydrogen (secondary N) is 3. The number of carbonyl (C=O) groups is 4. The topological polar surface area (TPSA) is 199 Å². The molecule has 4 amide bonds. The first-order valence-corrected chi connectivity index (χ1v) is 22.8. The van der Waals surface area contributed by atoms with Gasteiger partial charge in [-0.1, -0.05) is 66.9 Å². The second-order valence-corrected chi connectivity index (χ2v) is 19.0. The summed E-state index contributed by atoms with van der Waals surface area (Å²) in [6, 6.07) is 12.3. The molecule has 4 aromatic rings. The Bertz CT molecular complexity index is 2470. The van der Waals surface area contributed by atoms with Crippen LogP contribution in [-0.4, -0.2) is 88.7 Å². The Morgan fingerprint density at radius 3 is 2.52 bits per heavy atom. The van der Waals surface area contributed by atoms with E-state index in [1.807, 2.05) is 42.5 Å². The fraction of sp³-hybridized carbons (Fsp3) is 0.488. The number of hydrogen-bond donors (Lipinski definition) is 3. The average Bonchev–Trinajstić information content (AvgIpc) is 4.05. The van der Waals surface area contributed by atoms with Crippen molar-refractivity contribution < 1.29 is 41.5 Å². The van der Waals surface area contributed by atoms with Gasteiger partial charge in [-0.25, -0.2) is 18.2 Å². The molecular weight excluding hydrogens is 812 g/mol. The number of allylic oxidation sites excluding steroid dienone is 1. The highest BCUT2D eigenvalue weighted by Gasteiger charge is 2.62. The van der Waals surface area contributed by atoms with E-state index >= 15 is 0 Å². The predicted molar refractivity (Wildman–Crippen MR) is 221 cm³/mol. The van der Waals surface area contributed by atoms with Gasteiger partial charge < -0.3 is 29.4 Å². The van der Waals surface area contributed by atoms with Crippen molar-refractivity contribution in [2.45, 2.75) is 119 Å². The van der Waals surface area contributed by atoms with Crippen LogP contribution in [0.1, 0.15) is 83.5 Å². The van der Waals surface area contributed by atoms with Crippen molar-refractivity contribution in [2.24, 2.45) is 5.92 Å². The van der Waals surface area contributed by atoms with Crippen LogP contribution in [0.25, 0.3) is 33.5 Å². The maximum Gasteiger partial charge on any atom is 0.408 e. The summed E-state index contributed by atoms with van der Waals surface area (Å²) >= 11 is 6.40. The third kappa shape index (κ3) is 8.27. The van der Waals surface area contributed by atoms with E-state index in [4.69, 9.17) is 35.5 Å². The van der Waals surface area contributed by atoms with E-state index in [2.05, 4.69) is 15.4 Å². The number of nitrogens with zero attached hydrogens (tertiary/aromatic N) is 3. The number of fused-ring (bicyclic) bond motifs is 5. The minimum absolute atomic E-state index is 0.0202. The van der Waals surface area contributed by atoms with Gasteiger partial charge in [0.15, 0.2) is 5.82 Å². The summed E-state index contributed by atoms with van der Waals surface area (Å²) in [5.41, 5.74) is 0.399. The summed E-state index contributed by atoms with van der Waals surface area (Å²) in [6.07, 6.45) is 9.75. The molecule has 5 aliphatic rings. The summed E-state index contributed by atoms with van der Waals surface area (Å²) in [5, 5.41) is 6.20. The van der Waals surface area contributed by atoms with Crippen LogP contribution in [0.15, 0.2) is 65.1 Å². The average molecular weight is 859 g/mol. The molecule has 3 aliphatic carbocycles. The summed E-state index contributed by atoms with van der Waals surface area (Å²) in [6.45, 7) is -0.0798. The maximum atomic E-state index is 14.7. The van der Waals surface area contributed by atoms with Crippen LogP contribution in [0, 0.1) is 5.92 Å². The minimum atomic E-state index is -3.92. The lowest BCUT2D eigenvalue weighted by atomic mass is 10.0. The van der Waals surface area contributed by atoms with Gasteiger partial charge in [0.2, 0.25) is 27.4 Å². The molecule has 2 aliphatic heterocycles. The van der Waals surface area contributed by atoms with Crippen LogP contribution >= 0.6 is 11.6 Å². The first-order valence-electron chi connectivity index (χ1n) is 20.9. The van der Waals surface area contributed by atoms with E-state index in [0.29, 0.717) is 65.0 Å². The summed E-state index contributed by atoms with van der Waals surface area (Å²) in [4.78, 5) is 67.5. The Morgan fingerprint density at radius 1 is 0.950 bits per heavy atom. The molecule has 0 unspecified atom stereocenters. The molecule has 2 aromatic heterocycles. The van der Waals surface area contributed by atoms with Crippen LogP contribution in [0.4, 0.5) is 4.79 Å². The van der Waals surface area contributed by atoms with Crippen LogP contribution in [0.3, 0.4) is 0 Å². The molecule has 0 radical (unpaired) electrons. The third-order valence-corrected chi connectivity index (χ3v) is 14.3. The van der Waals surface area contributed by atoms with E-state index < -0.39 is 68.7 Å². The van der Waals surface area contributed by atoms with Gasteiger partial charge >= 0.3 is 6.09 Å². The molecule has 4 heterocycles. The lowest BCUT2D eigenvalue weighted by Gasteiger charge is -2.30. The standard InChI is InChI=1S/C43H47ClN6O9S/c44-27-17-20-34-31(21-27)35-36(59-34)39(47-37(46-35)25-11-5-4-6-12-25)57-29-22-33-38(51)48-43(41(53)49-60(55,56)30-18-19-30)23-26(43)13-7-2-1-3-8-16-32(40(52)50(33)24-29)45-42(54)58-28-14-9-10-15-28/h4-7,11-13,17,20-21,26,28-30,32-33H,1-3,8-10,14-16,18-19,22-24H2,(H,45,54)(H,48,51)(H,49,53)/b13-7-/t26-,29+,32-,33-,43+/m0/s1. The van der Waals surface area contributed by atoms with E-state index in [-0.39, 0.29) is 37.0 Å². The lowest BCUT2D eigenvalue weighted by molar-refractivity contribution is -0.141. The van der Waals surface area contributed by atoms with Gasteiger partial charge in [0.25, 0.3) is 11.8 Å².